The van der Waals surface area contributed by atoms with E-state index in [4.69, 9.17) is 21.1 Å². The van der Waals surface area contributed by atoms with E-state index in [1.165, 1.54) is 32.1 Å². The maximum absolute atomic E-state index is 13.1. The molecule has 0 atom stereocenters. The highest BCUT2D eigenvalue weighted by atomic mass is 35.5. The number of hydrogen-bond acceptors (Lipinski definition) is 3. The van der Waals surface area contributed by atoms with Crippen LogP contribution in [-0.2, 0) is 20.1 Å². The third kappa shape index (κ3) is 3.86. The van der Waals surface area contributed by atoms with Crippen LogP contribution in [-0.4, -0.2) is 25.7 Å². The fourth-order valence-corrected chi connectivity index (χ4v) is 3.84. The molecule has 1 aromatic carbocycles. The van der Waals surface area contributed by atoms with Gasteiger partial charge in [-0.3, -0.25) is 4.79 Å². The van der Waals surface area contributed by atoms with Crippen LogP contribution in [0, 0.1) is 0 Å². The highest BCUT2D eigenvalue weighted by Crippen LogP contribution is 2.46. The number of amides is 1. The average Bonchev–Trinajstić information content (AvgIpc) is 2.84. The van der Waals surface area contributed by atoms with Gasteiger partial charge in [-0.2, -0.15) is 0 Å². The quantitative estimate of drug-likeness (QED) is 0.606. The van der Waals surface area contributed by atoms with Gasteiger partial charge in [-0.1, -0.05) is 57.0 Å². The van der Waals surface area contributed by atoms with Crippen LogP contribution >= 0.6 is 11.6 Å². The predicted octanol–water partition coefficient (Wildman–Crippen LogP) is 5.03. The molecule has 2 aliphatic heterocycles. The largest absolute Gasteiger partial charge is 0.338 e. The van der Waals surface area contributed by atoms with E-state index < -0.39 is 5.79 Å². The molecule has 5 heteroatoms. The predicted molar refractivity (Wildman–Crippen MR) is 100.0 cm³/mol. The van der Waals surface area contributed by atoms with Gasteiger partial charge in [0.15, 0.2) is 0 Å². The van der Waals surface area contributed by atoms with Crippen molar-refractivity contribution >= 4 is 23.2 Å². The number of nitrogens with zero attached hydrogens (tertiary/aromatic N) is 1. The Bertz CT molecular complexity index is 599. The second-order valence-electron chi connectivity index (χ2n) is 6.91. The van der Waals surface area contributed by atoms with E-state index >= 15 is 0 Å². The number of benzene rings is 1. The van der Waals surface area contributed by atoms with Crippen LogP contribution < -0.4 is 4.90 Å². The second-order valence-corrected chi connectivity index (χ2v) is 7.34. The number of ether oxygens (including phenoxy) is 2. The summed E-state index contributed by atoms with van der Waals surface area (Å²) in [5.74, 6) is -1.38. The Kier molecular flexibility index (Phi) is 6.37. The lowest BCUT2D eigenvalue weighted by molar-refractivity contribution is -0.256. The van der Waals surface area contributed by atoms with Gasteiger partial charge in [-0.25, -0.2) is 0 Å². The smallest absolute Gasteiger partial charge is 0.292 e. The van der Waals surface area contributed by atoms with E-state index in [0.717, 1.165) is 30.5 Å². The highest BCUT2D eigenvalue weighted by molar-refractivity contribution is 6.31. The van der Waals surface area contributed by atoms with Gasteiger partial charge in [-0.05, 0) is 31.0 Å². The van der Waals surface area contributed by atoms with Crippen LogP contribution in [0.15, 0.2) is 18.2 Å². The fraction of sp³-hybridized carbons (Fsp3) is 0.650. The summed E-state index contributed by atoms with van der Waals surface area (Å²) in [7, 11) is 0. The Balaban J connectivity index is 1.66. The fourth-order valence-electron chi connectivity index (χ4n) is 3.67. The van der Waals surface area contributed by atoms with Crippen LogP contribution in [0.5, 0.6) is 0 Å². The first-order valence-electron chi connectivity index (χ1n) is 9.59. The van der Waals surface area contributed by atoms with Gasteiger partial charge >= 0.3 is 0 Å². The van der Waals surface area contributed by atoms with Crippen molar-refractivity contribution in [3.8, 4) is 0 Å². The van der Waals surface area contributed by atoms with Gasteiger partial charge in [0.25, 0.3) is 11.7 Å². The Labute approximate surface area is 155 Å². The number of carbonyl (C=O) groups excluding carboxylic acids is 1. The zero-order valence-corrected chi connectivity index (χ0v) is 15.8. The summed E-state index contributed by atoms with van der Waals surface area (Å²) in [6.07, 6.45) is 9.35. The van der Waals surface area contributed by atoms with E-state index in [9.17, 15) is 4.79 Å². The lowest BCUT2D eigenvalue weighted by atomic mass is 10.1. The number of hydrogen-bond donors (Lipinski definition) is 0. The van der Waals surface area contributed by atoms with Gasteiger partial charge < -0.3 is 14.4 Å². The third-order valence-electron chi connectivity index (χ3n) is 5.02. The first-order chi connectivity index (χ1) is 12.2. The standard InChI is InChI=1S/C20H28ClNO3/c1-2-3-4-5-6-7-8-12-22-18-11-10-16(21)15-17(18)20(19(22)23)24-13-9-14-25-20/h10-11,15H,2-9,12-14H2,1H3. The molecule has 1 aromatic rings. The minimum atomic E-state index is -1.28. The van der Waals surface area contributed by atoms with Crippen molar-refractivity contribution in [2.24, 2.45) is 0 Å². The zero-order chi connectivity index (χ0) is 17.7. The lowest BCUT2D eigenvalue weighted by Gasteiger charge is -2.32. The zero-order valence-electron chi connectivity index (χ0n) is 15.1. The van der Waals surface area contributed by atoms with Gasteiger partial charge in [-0.15, -0.1) is 0 Å². The molecule has 25 heavy (non-hydrogen) atoms. The molecule has 0 N–H and O–H groups in total. The molecule has 0 bridgehead atoms. The number of rotatable bonds is 8. The van der Waals surface area contributed by atoms with Crippen LogP contribution in [0.3, 0.4) is 0 Å². The van der Waals surface area contributed by atoms with Gasteiger partial charge in [0.05, 0.1) is 18.9 Å². The summed E-state index contributed by atoms with van der Waals surface area (Å²) in [5, 5.41) is 0.599. The van der Waals surface area contributed by atoms with Crippen molar-refractivity contribution in [3.05, 3.63) is 28.8 Å². The molecule has 2 heterocycles. The topological polar surface area (TPSA) is 38.8 Å². The van der Waals surface area contributed by atoms with E-state index in [1.54, 1.807) is 0 Å². The minimum Gasteiger partial charge on any atom is -0.338 e. The maximum atomic E-state index is 13.1. The van der Waals surface area contributed by atoms with Gasteiger partial charge in [0, 0.05) is 17.1 Å². The van der Waals surface area contributed by atoms with Crippen molar-refractivity contribution < 1.29 is 14.3 Å². The molecule has 1 spiro atoms. The van der Waals surface area contributed by atoms with E-state index in [1.807, 2.05) is 23.1 Å². The summed E-state index contributed by atoms with van der Waals surface area (Å²) in [4.78, 5) is 14.9. The van der Waals surface area contributed by atoms with Crippen LogP contribution in [0.2, 0.25) is 5.02 Å². The van der Waals surface area contributed by atoms with E-state index in [2.05, 4.69) is 6.92 Å². The summed E-state index contributed by atoms with van der Waals surface area (Å²) in [6, 6.07) is 5.55. The lowest BCUT2D eigenvalue weighted by Crippen LogP contribution is -2.47. The Hall–Kier alpha value is -1.10. The number of carbonyl (C=O) groups is 1. The maximum Gasteiger partial charge on any atom is 0.292 e. The monoisotopic (exact) mass is 365 g/mol. The molecule has 1 amide bonds. The summed E-state index contributed by atoms with van der Waals surface area (Å²) < 4.78 is 11.7. The molecule has 1 fully saturated rings. The average molecular weight is 366 g/mol. The molecule has 4 nitrogen and oxygen atoms in total. The van der Waals surface area contributed by atoms with E-state index in [0.29, 0.717) is 24.8 Å². The molecule has 2 aliphatic rings. The number of unbranched alkanes of at least 4 members (excludes halogenated alkanes) is 6. The van der Waals surface area contributed by atoms with Gasteiger partial charge in [0.2, 0.25) is 0 Å². The molecule has 1 saturated heterocycles. The SMILES string of the molecule is CCCCCCCCCN1C(=O)C2(OCCCO2)c2cc(Cl)ccc21. The van der Waals surface area contributed by atoms with Crippen molar-refractivity contribution in [2.45, 2.75) is 64.1 Å². The molecule has 0 aromatic heterocycles. The molecule has 0 aliphatic carbocycles. The van der Waals surface area contributed by atoms with E-state index in [-0.39, 0.29) is 5.91 Å². The third-order valence-corrected chi connectivity index (χ3v) is 5.25. The van der Waals surface area contributed by atoms with Crippen molar-refractivity contribution in [1.29, 1.82) is 0 Å². The first-order valence-corrected chi connectivity index (χ1v) is 9.97. The summed E-state index contributed by atoms with van der Waals surface area (Å²) in [5.41, 5.74) is 1.63. The number of halogens is 1. The van der Waals surface area contributed by atoms with Gasteiger partial charge in [0.1, 0.15) is 0 Å². The van der Waals surface area contributed by atoms with Crippen LogP contribution in [0.4, 0.5) is 5.69 Å². The normalized spacial score (nSPS) is 18.8. The summed E-state index contributed by atoms with van der Waals surface area (Å²) in [6.45, 7) is 4.00. The molecule has 0 unspecified atom stereocenters. The molecule has 0 radical (unpaired) electrons. The number of anilines is 1. The first kappa shape index (κ1) is 18.7. The number of fused-ring (bicyclic) bond motifs is 2. The molecular weight excluding hydrogens is 338 g/mol. The van der Waals surface area contributed by atoms with Crippen molar-refractivity contribution in [3.63, 3.8) is 0 Å². The van der Waals surface area contributed by atoms with Crippen LogP contribution in [0.1, 0.15) is 63.9 Å². The Morgan fingerprint density at radius 2 is 1.76 bits per heavy atom. The highest BCUT2D eigenvalue weighted by Gasteiger charge is 2.54. The van der Waals surface area contributed by atoms with Crippen LogP contribution in [0.25, 0.3) is 0 Å². The molecule has 0 saturated carbocycles. The Morgan fingerprint density at radius 1 is 1.08 bits per heavy atom. The Morgan fingerprint density at radius 3 is 2.48 bits per heavy atom. The molecule has 3 rings (SSSR count). The van der Waals surface area contributed by atoms with Crippen molar-refractivity contribution in [1.82, 2.24) is 0 Å². The minimum absolute atomic E-state index is 0.101. The molecule has 138 valence electrons. The summed E-state index contributed by atoms with van der Waals surface area (Å²) >= 11 is 6.17. The molecular formula is C20H28ClNO3. The second kappa shape index (κ2) is 8.52. The van der Waals surface area contributed by atoms with Crippen molar-refractivity contribution in [2.75, 3.05) is 24.7 Å².